The lowest BCUT2D eigenvalue weighted by Crippen LogP contribution is -2.40. The Morgan fingerprint density at radius 1 is 1.41 bits per heavy atom. The number of methoxy groups -OCH3 is 1. The zero-order valence-electron chi connectivity index (χ0n) is 13.3. The second-order valence-electron chi connectivity index (χ2n) is 5.85. The highest BCUT2D eigenvalue weighted by molar-refractivity contribution is 5.88. The molecular weight excluding hydrogens is 278 g/mol. The highest BCUT2D eigenvalue weighted by atomic mass is 16.5. The third kappa shape index (κ3) is 2.86. The summed E-state index contributed by atoms with van der Waals surface area (Å²) in [7, 11) is 1.40. The van der Waals surface area contributed by atoms with Crippen molar-refractivity contribution in [2.24, 2.45) is 0 Å². The summed E-state index contributed by atoms with van der Waals surface area (Å²) in [5.74, 6) is -0.331. The van der Waals surface area contributed by atoms with Crippen molar-refractivity contribution >= 4 is 11.6 Å². The molecule has 5 nitrogen and oxygen atoms in total. The summed E-state index contributed by atoms with van der Waals surface area (Å²) >= 11 is 0. The second kappa shape index (κ2) is 6.48. The van der Waals surface area contributed by atoms with E-state index >= 15 is 0 Å². The zero-order chi connectivity index (χ0) is 15.5. The van der Waals surface area contributed by atoms with Crippen molar-refractivity contribution in [3.05, 3.63) is 35.8 Å². The Morgan fingerprint density at radius 3 is 3.05 bits per heavy atom. The molecule has 0 aromatic carbocycles. The minimum Gasteiger partial charge on any atom is -0.464 e. The Balaban J connectivity index is 1.87. The zero-order valence-corrected chi connectivity index (χ0v) is 13.3. The van der Waals surface area contributed by atoms with Gasteiger partial charge in [0.25, 0.3) is 0 Å². The van der Waals surface area contributed by atoms with Crippen LogP contribution < -0.4 is 0 Å². The third-order valence-electron chi connectivity index (χ3n) is 4.54. The third-order valence-corrected chi connectivity index (χ3v) is 4.54. The Kier molecular flexibility index (Phi) is 4.43. The number of hydrogen-bond acceptors (Lipinski definition) is 4. The fraction of sp³-hybridized carbons (Fsp3) is 0.529. The van der Waals surface area contributed by atoms with Gasteiger partial charge in [-0.1, -0.05) is 19.4 Å². The molecule has 0 N–H and O–H groups in total. The number of fused-ring (bicyclic) bond motifs is 1. The monoisotopic (exact) mass is 301 g/mol. The maximum atomic E-state index is 11.8. The van der Waals surface area contributed by atoms with E-state index in [0.717, 1.165) is 24.3 Å². The highest BCUT2D eigenvalue weighted by Crippen LogP contribution is 2.21. The molecule has 0 amide bonds. The Bertz CT molecular complexity index is 665. The maximum absolute atomic E-state index is 11.8. The van der Waals surface area contributed by atoms with Crippen molar-refractivity contribution in [3.8, 4) is 0 Å². The first-order valence-electron chi connectivity index (χ1n) is 8.02. The van der Waals surface area contributed by atoms with Gasteiger partial charge in [0.05, 0.1) is 12.8 Å². The van der Waals surface area contributed by atoms with Gasteiger partial charge < -0.3 is 9.64 Å². The molecule has 1 aliphatic heterocycles. The van der Waals surface area contributed by atoms with E-state index < -0.39 is 0 Å². The molecule has 1 unspecified atom stereocenters. The number of likely N-dealkylation sites (tertiary alicyclic amines) is 1. The van der Waals surface area contributed by atoms with Crippen molar-refractivity contribution in [3.63, 3.8) is 0 Å². The molecule has 1 fully saturated rings. The fourth-order valence-corrected chi connectivity index (χ4v) is 3.38. The van der Waals surface area contributed by atoms with E-state index in [1.165, 1.54) is 32.9 Å². The number of ether oxygens (including phenoxy) is 1. The van der Waals surface area contributed by atoms with E-state index in [1.807, 2.05) is 22.7 Å². The average molecular weight is 301 g/mol. The van der Waals surface area contributed by atoms with Gasteiger partial charge in [0.1, 0.15) is 11.3 Å². The predicted molar refractivity (Wildman–Crippen MR) is 85.1 cm³/mol. The number of carbonyl (C=O) groups excluding carboxylic acids is 1. The van der Waals surface area contributed by atoms with Crippen molar-refractivity contribution in [2.45, 2.75) is 38.6 Å². The van der Waals surface area contributed by atoms with Crippen LogP contribution in [-0.4, -0.2) is 46.5 Å². The van der Waals surface area contributed by atoms with Crippen LogP contribution in [0.1, 0.15) is 42.4 Å². The summed E-state index contributed by atoms with van der Waals surface area (Å²) in [6, 6.07) is 6.10. The van der Waals surface area contributed by atoms with Crippen LogP contribution in [0.2, 0.25) is 0 Å². The number of pyridine rings is 1. The number of carbonyl (C=O) groups is 1. The molecule has 1 saturated heterocycles. The number of piperidine rings is 1. The minimum absolute atomic E-state index is 0.331. The van der Waals surface area contributed by atoms with Gasteiger partial charge in [-0.15, -0.1) is 0 Å². The first-order chi connectivity index (χ1) is 10.7. The summed E-state index contributed by atoms with van der Waals surface area (Å²) in [6.45, 7) is 4.49. The quantitative estimate of drug-likeness (QED) is 0.814. The summed E-state index contributed by atoms with van der Waals surface area (Å²) in [5.41, 5.74) is 2.37. The smallest absolute Gasteiger partial charge is 0.355 e. The van der Waals surface area contributed by atoms with Crippen molar-refractivity contribution < 1.29 is 9.53 Å². The van der Waals surface area contributed by atoms with Crippen LogP contribution in [0.25, 0.3) is 5.65 Å². The molecule has 0 spiro atoms. The van der Waals surface area contributed by atoms with Crippen LogP contribution in [0.4, 0.5) is 0 Å². The van der Waals surface area contributed by atoms with Gasteiger partial charge in [0.2, 0.25) is 0 Å². The van der Waals surface area contributed by atoms with Crippen LogP contribution in [0, 0.1) is 0 Å². The largest absolute Gasteiger partial charge is 0.464 e. The Labute approximate surface area is 130 Å². The van der Waals surface area contributed by atoms with E-state index in [1.54, 1.807) is 6.07 Å². The van der Waals surface area contributed by atoms with Crippen LogP contribution in [0.15, 0.2) is 24.4 Å². The van der Waals surface area contributed by atoms with Crippen molar-refractivity contribution in [1.82, 2.24) is 14.3 Å². The number of hydrogen-bond donors (Lipinski definition) is 0. The molecule has 118 valence electrons. The number of likely N-dealkylation sites (N-methyl/N-ethyl adjacent to an activating group) is 1. The van der Waals surface area contributed by atoms with Crippen molar-refractivity contribution in [2.75, 3.05) is 20.2 Å². The highest BCUT2D eigenvalue weighted by Gasteiger charge is 2.22. The molecule has 1 atom stereocenters. The lowest BCUT2D eigenvalue weighted by atomic mass is 9.98. The molecule has 0 aliphatic carbocycles. The maximum Gasteiger partial charge on any atom is 0.355 e. The van der Waals surface area contributed by atoms with E-state index in [2.05, 4.69) is 16.8 Å². The van der Waals surface area contributed by atoms with Gasteiger partial charge in [-0.25, -0.2) is 9.78 Å². The average Bonchev–Trinajstić information content (AvgIpc) is 2.96. The molecule has 3 rings (SSSR count). The van der Waals surface area contributed by atoms with Gasteiger partial charge >= 0.3 is 5.97 Å². The summed E-state index contributed by atoms with van der Waals surface area (Å²) in [5, 5.41) is 0. The first-order valence-corrected chi connectivity index (χ1v) is 8.02. The van der Waals surface area contributed by atoms with Gasteiger partial charge in [-0.3, -0.25) is 4.40 Å². The minimum atomic E-state index is -0.331. The number of rotatable bonds is 4. The van der Waals surface area contributed by atoms with Crippen LogP contribution >= 0.6 is 0 Å². The molecule has 0 bridgehead atoms. The molecule has 1 aliphatic rings. The van der Waals surface area contributed by atoms with Crippen LogP contribution in [0.3, 0.4) is 0 Å². The number of aromatic nitrogens is 2. The first kappa shape index (κ1) is 15.0. The van der Waals surface area contributed by atoms with E-state index in [0.29, 0.717) is 11.7 Å². The summed E-state index contributed by atoms with van der Waals surface area (Å²) < 4.78 is 6.68. The second-order valence-corrected chi connectivity index (χ2v) is 5.85. The van der Waals surface area contributed by atoms with E-state index in [9.17, 15) is 4.79 Å². The molecule has 3 heterocycles. The van der Waals surface area contributed by atoms with Gasteiger partial charge in [-0.2, -0.15) is 0 Å². The lowest BCUT2D eigenvalue weighted by molar-refractivity contribution is 0.0592. The van der Waals surface area contributed by atoms with Gasteiger partial charge in [0.15, 0.2) is 0 Å². The molecule has 2 aromatic heterocycles. The van der Waals surface area contributed by atoms with Crippen molar-refractivity contribution in [1.29, 1.82) is 0 Å². The standard InChI is InChI=1S/C17H23N3O2/c1-3-19-10-5-4-7-14(19)11-13-12-20-15(17(21)22-2)8-6-9-16(20)18-13/h6,8-9,12,14H,3-5,7,10-11H2,1-2H3. The molecule has 0 saturated carbocycles. The normalized spacial score (nSPS) is 19.5. The number of imidazole rings is 1. The van der Waals surface area contributed by atoms with Crippen LogP contribution in [0.5, 0.6) is 0 Å². The molecule has 2 aromatic rings. The Hall–Kier alpha value is -1.88. The predicted octanol–water partition coefficient (Wildman–Crippen LogP) is 2.54. The SMILES string of the molecule is CCN1CCCCC1Cc1cn2c(C(=O)OC)cccc2n1. The van der Waals surface area contributed by atoms with Gasteiger partial charge in [0, 0.05) is 18.7 Å². The topological polar surface area (TPSA) is 46.8 Å². The molecule has 5 heteroatoms. The van der Waals surface area contributed by atoms with E-state index in [-0.39, 0.29) is 5.97 Å². The molecule has 0 radical (unpaired) electrons. The summed E-state index contributed by atoms with van der Waals surface area (Å²) in [4.78, 5) is 19.1. The number of esters is 1. The molecule has 22 heavy (non-hydrogen) atoms. The summed E-state index contributed by atoms with van der Waals surface area (Å²) in [6.07, 6.45) is 6.73. The van der Waals surface area contributed by atoms with Gasteiger partial charge in [-0.05, 0) is 38.1 Å². The van der Waals surface area contributed by atoms with E-state index in [4.69, 9.17) is 4.74 Å². The fourth-order valence-electron chi connectivity index (χ4n) is 3.38. The van der Waals surface area contributed by atoms with Crippen LogP contribution in [-0.2, 0) is 11.2 Å². The number of nitrogens with zero attached hydrogens (tertiary/aromatic N) is 3. The Morgan fingerprint density at radius 2 is 2.27 bits per heavy atom. The molecular formula is C17H23N3O2. The lowest BCUT2D eigenvalue weighted by Gasteiger charge is -2.34.